The van der Waals surface area contributed by atoms with Gasteiger partial charge in [-0.3, -0.25) is 14.5 Å². The van der Waals surface area contributed by atoms with Gasteiger partial charge < -0.3 is 5.11 Å². The second-order valence-corrected chi connectivity index (χ2v) is 12.8. The zero-order valence-corrected chi connectivity index (χ0v) is 24.1. The number of halogens is 1. The van der Waals surface area contributed by atoms with Gasteiger partial charge in [0.05, 0.1) is 27.2 Å². The first kappa shape index (κ1) is 27.2. The van der Waals surface area contributed by atoms with Crippen LogP contribution < -0.4 is 4.90 Å². The molecule has 11 heteroatoms. The average Bonchev–Trinajstić information content (AvgIpc) is 3.59. The number of aromatic nitrogens is 3. The Bertz CT molecular complexity index is 1590. The van der Waals surface area contributed by atoms with E-state index in [1.807, 2.05) is 24.3 Å². The van der Waals surface area contributed by atoms with Gasteiger partial charge in [-0.25, -0.2) is 9.37 Å². The zero-order chi connectivity index (χ0) is 27.8. The fourth-order valence-corrected chi connectivity index (χ4v) is 7.12. The fraction of sp³-hybridized carbons (Fsp3) is 0.250. The molecule has 1 aliphatic heterocycles. The van der Waals surface area contributed by atoms with Gasteiger partial charge in [0, 0.05) is 5.75 Å². The summed E-state index contributed by atoms with van der Waals surface area (Å²) >= 11 is 3.67. The molecule has 0 saturated carbocycles. The molecule has 39 heavy (non-hydrogen) atoms. The minimum Gasteiger partial charge on any atom is -0.503 e. The molecule has 2 aromatic carbocycles. The number of benzene rings is 2. The Balaban J connectivity index is 1.52. The highest BCUT2D eigenvalue weighted by Crippen LogP contribution is 2.44. The summed E-state index contributed by atoms with van der Waals surface area (Å²) in [4.78, 5) is 33.3. The molecule has 0 saturated heterocycles. The van der Waals surface area contributed by atoms with Crippen LogP contribution in [-0.2, 0) is 10.5 Å². The monoisotopic (exact) mass is 580 g/mol. The standard InChI is InChI=1S/C28H25FN4O3S3/c1-14(2)17-9-11-18(12-10-17)22-21(23(34)25-15(3)30-16(4)38-25)24(35)26(36)33(22)27-31-32-28(39-27)37-13-19-7-5-6-8-20(19)29/h5-12,14,22,35H,13H2,1-4H3. The number of amides is 1. The molecule has 0 aliphatic carbocycles. The number of aryl methyl sites for hydroxylation is 2. The molecule has 1 amide bonds. The first-order chi connectivity index (χ1) is 18.7. The number of ketones is 1. The SMILES string of the molecule is Cc1nc(C)c(C(=O)C2=C(O)C(=O)N(c3nnc(SCc4ccccc4F)s3)C2c2ccc(C(C)C)cc2)s1. The maximum absolute atomic E-state index is 14.1. The van der Waals surface area contributed by atoms with Gasteiger partial charge in [-0.15, -0.1) is 21.5 Å². The van der Waals surface area contributed by atoms with E-state index in [0.717, 1.165) is 21.9 Å². The van der Waals surface area contributed by atoms with Crippen molar-refractivity contribution < 1.29 is 19.1 Å². The number of carbonyl (C=O) groups excluding carboxylic acids is 2. The molecule has 4 aromatic rings. The van der Waals surface area contributed by atoms with Crippen molar-refractivity contribution in [1.29, 1.82) is 0 Å². The first-order valence-corrected chi connectivity index (χ1v) is 14.8. The highest BCUT2D eigenvalue weighted by molar-refractivity contribution is 8.00. The van der Waals surface area contributed by atoms with Crippen LogP contribution in [-0.4, -0.2) is 32.0 Å². The number of aliphatic hydroxyl groups is 1. The van der Waals surface area contributed by atoms with Crippen LogP contribution in [0.5, 0.6) is 0 Å². The van der Waals surface area contributed by atoms with Crippen LogP contribution in [0.1, 0.15) is 62.9 Å². The summed E-state index contributed by atoms with van der Waals surface area (Å²) in [7, 11) is 0. The Hall–Kier alpha value is -3.41. The van der Waals surface area contributed by atoms with Crippen molar-refractivity contribution in [3.8, 4) is 0 Å². The molecule has 1 N–H and O–H groups in total. The Morgan fingerprint density at radius 2 is 1.82 bits per heavy atom. The van der Waals surface area contributed by atoms with Crippen molar-refractivity contribution in [1.82, 2.24) is 15.2 Å². The minimum atomic E-state index is -0.898. The van der Waals surface area contributed by atoms with Crippen molar-refractivity contribution in [2.24, 2.45) is 0 Å². The maximum atomic E-state index is 14.1. The number of rotatable bonds is 8. The van der Waals surface area contributed by atoms with Crippen LogP contribution in [0.3, 0.4) is 0 Å². The number of hydrogen-bond donors (Lipinski definition) is 1. The van der Waals surface area contributed by atoms with Crippen LogP contribution in [0.25, 0.3) is 0 Å². The van der Waals surface area contributed by atoms with E-state index in [-0.39, 0.29) is 16.5 Å². The van der Waals surface area contributed by atoms with Crippen molar-refractivity contribution in [3.05, 3.63) is 97.9 Å². The van der Waals surface area contributed by atoms with Crippen LogP contribution in [0.2, 0.25) is 0 Å². The molecule has 7 nitrogen and oxygen atoms in total. The summed E-state index contributed by atoms with van der Waals surface area (Å²) in [6.45, 7) is 7.70. The molecular weight excluding hydrogens is 556 g/mol. The number of aliphatic hydroxyl groups excluding tert-OH is 1. The lowest BCUT2D eigenvalue weighted by Gasteiger charge is -2.24. The van der Waals surface area contributed by atoms with Crippen LogP contribution >= 0.6 is 34.4 Å². The summed E-state index contributed by atoms with van der Waals surface area (Å²) in [6, 6.07) is 13.3. The normalized spacial score (nSPS) is 15.6. The summed E-state index contributed by atoms with van der Waals surface area (Å²) in [6.07, 6.45) is 0. The Labute approximate surface area is 237 Å². The van der Waals surface area contributed by atoms with Gasteiger partial charge in [-0.05, 0) is 42.5 Å². The van der Waals surface area contributed by atoms with Crippen molar-refractivity contribution in [2.45, 2.75) is 49.7 Å². The van der Waals surface area contributed by atoms with Crippen LogP contribution in [0.4, 0.5) is 9.52 Å². The molecule has 200 valence electrons. The van der Waals surface area contributed by atoms with E-state index in [1.165, 1.54) is 34.1 Å². The number of Topliss-reactive ketones (excluding diaryl/α,β-unsaturated/α-hetero) is 1. The molecule has 5 rings (SSSR count). The van der Waals surface area contributed by atoms with E-state index in [1.54, 1.807) is 32.0 Å². The van der Waals surface area contributed by atoms with E-state index in [0.29, 0.717) is 37.7 Å². The lowest BCUT2D eigenvalue weighted by atomic mass is 9.93. The predicted molar refractivity (Wildman–Crippen MR) is 152 cm³/mol. The zero-order valence-electron chi connectivity index (χ0n) is 21.6. The molecule has 1 atom stereocenters. The second-order valence-electron chi connectivity index (χ2n) is 9.37. The van der Waals surface area contributed by atoms with E-state index in [2.05, 4.69) is 29.0 Å². The largest absolute Gasteiger partial charge is 0.503 e. The lowest BCUT2D eigenvalue weighted by molar-refractivity contribution is -0.117. The molecule has 1 aliphatic rings. The van der Waals surface area contributed by atoms with Crippen LogP contribution in [0.15, 0.2) is 64.2 Å². The third-order valence-corrected chi connectivity index (χ3v) is 9.57. The van der Waals surface area contributed by atoms with E-state index >= 15 is 0 Å². The van der Waals surface area contributed by atoms with Gasteiger partial charge in [0.1, 0.15) is 5.82 Å². The van der Waals surface area contributed by atoms with Crippen molar-refractivity contribution >= 4 is 51.3 Å². The quantitative estimate of drug-likeness (QED) is 0.137. The van der Waals surface area contributed by atoms with Crippen molar-refractivity contribution in [3.63, 3.8) is 0 Å². The van der Waals surface area contributed by atoms with Gasteiger partial charge in [-0.2, -0.15) is 0 Å². The van der Waals surface area contributed by atoms with Gasteiger partial charge in [-0.1, -0.05) is 79.4 Å². The predicted octanol–water partition coefficient (Wildman–Crippen LogP) is 6.95. The topological polar surface area (TPSA) is 96.3 Å². The number of thiazole rings is 1. The average molecular weight is 581 g/mol. The fourth-order valence-electron chi connectivity index (χ4n) is 4.39. The Morgan fingerprint density at radius 1 is 1.10 bits per heavy atom. The molecule has 0 radical (unpaired) electrons. The molecule has 1 unspecified atom stereocenters. The third-order valence-electron chi connectivity index (χ3n) is 6.39. The molecule has 0 spiro atoms. The van der Waals surface area contributed by atoms with Gasteiger partial charge >= 0.3 is 0 Å². The van der Waals surface area contributed by atoms with Gasteiger partial charge in [0.25, 0.3) is 5.91 Å². The highest BCUT2D eigenvalue weighted by Gasteiger charge is 2.46. The Kier molecular flexibility index (Phi) is 7.66. The summed E-state index contributed by atoms with van der Waals surface area (Å²) < 4.78 is 14.6. The number of nitrogens with zero attached hydrogens (tertiary/aromatic N) is 4. The molecule has 3 heterocycles. The second kappa shape index (κ2) is 11.0. The Morgan fingerprint density at radius 3 is 2.46 bits per heavy atom. The number of hydrogen-bond acceptors (Lipinski definition) is 9. The molecule has 0 fully saturated rings. The third kappa shape index (κ3) is 5.26. The smallest absolute Gasteiger partial charge is 0.296 e. The molecule has 0 bridgehead atoms. The van der Waals surface area contributed by atoms with Gasteiger partial charge in [0.2, 0.25) is 10.9 Å². The van der Waals surface area contributed by atoms with Crippen molar-refractivity contribution in [2.75, 3.05) is 4.90 Å². The minimum absolute atomic E-state index is 0.0141. The van der Waals surface area contributed by atoms with E-state index < -0.39 is 23.5 Å². The number of carbonyl (C=O) groups is 2. The van der Waals surface area contributed by atoms with E-state index in [4.69, 9.17) is 0 Å². The van der Waals surface area contributed by atoms with Gasteiger partial charge in [0.15, 0.2) is 10.1 Å². The molecule has 2 aromatic heterocycles. The maximum Gasteiger partial charge on any atom is 0.296 e. The first-order valence-electron chi connectivity index (χ1n) is 12.2. The summed E-state index contributed by atoms with van der Waals surface area (Å²) in [5.41, 5.74) is 2.83. The lowest BCUT2D eigenvalue weighted by Crippen LogP contribution is -2.31. The number of anilines is 1. The van der Waals surface area contributed by atoms with E-state index in [9.17, 15) is 19.1 Å². The highest BCUT2D eigenvalue weighted by atomic mass is 32.2. The van der Waals surface area contributed by atoms with Crippen LogP contribution in [0, 0.1) is 19.7 Å². The summed E-state index contributed by atoms with van der Waals surface area (Å²) in [5, 5.41) is 20.4. The summed E-state index contributed by atoms with van der Waals surface area (Å²) in [5.74, 6) is -1.45. The molecular formula is C28H25FN4O3S3. The number of thioether (sulfide) groups is 1.